The Morgan fingerprint density at radius 1 is 1.04 bits per heavy atom. The van der Waals surface area contributed by atoms with E-state index in [1.165, 1.54) is 36.4 Å². The number of aliphatic carboxylic acids is 1. The van der Waals surface area contributed by atoms with E-state index in [0.717, 1.165) is 0 Å². The monoisotopic (exact) mass is 367 g/mol. The average Bonchev–Trinajstić information content (AvgIpc) is 2.53. The smallest absolute Gasteiger partial charge is 0.327 e. The minimum Gasteiger partial charge on any atom is -0.480 e. The number of rotatable bonds is 6. The Morgan fingerprint density at radius 3 is 2.16 bits per heavy atom. The summed E-state index contributed by atoms with van der Waals surface area (Å²) in [5.74, 6) is -4.30. The molecule has 0 fully saturated rings. The molecule has 0 saturated heterocycles. The highest BCUT2D eigenvalue weighted by atomic mass is 32.2. The van der Waals surface area contributed by atoms with Crippen LogP contribution in [0.3, 0.4) is 0 Å². The van der Waals surface area contributed by atoms with Gasteiger partial charge in [0.2, 0.25) is 0 Å². The largest absolute Gasteiger partial charge is 0.480 e. The lowest BCUT2D eigenvalue weighted by atomic mass is 9.98. The summed E-state index contributed by atoms with van der Waals surface area (Å²) in [7, 11) is -4.62. The molecule has 7 nitrogen and oxygen atoms in total. The second-order valence-electron chi connectivity index (χ2n) is 5.14. The van der Waals surface area contributed by atoms with Crippen LogP contribution in [0.4, 0.5) is 4.39 Å². The van der Waals surface area contributed by atoms with Crippen LogP contribution in [0.2, 0.25) is 0 Å². The van der Waals surface area contributed by atoms with E-state index in [2.05, 4.69) is 0 Å². The zero-order valence-corrected chi connectivity index (χ0v) is 13.5. The lowest BCUT2D eigenvalue weighted by Gasteiger charge is -2.15. The Morgan fingerprint density at radius 2 is 1.60 bits per heavy atom. The van der Waals surface area contributed by atoms with Crippen LogP contribution in [0.25, 0.3) is 11.1 Å². The number of hydrogen-bond acceptors (Lipinski definition) is 4. The number of halogens is 1. The van der Waals surface area contributed by atoms with Crippen LogP contribution in [0, 0.1) is 5.82 Å². The van der Waals surface area contributed by atoms with Gasteiger partial charge >= 0.3 is 5.97 Å². The molecule has 0 saturated carbocycles. The van der Waals surface area contributed by atoms with Crippen LogP contribution in [-0.2, 0) is 14.9 Å². The second kappa shape index (κ2) is 7.41. The zero-order chi connectivity index (χ0) is 18.6. The molecule has 2 aromatic carbocycles. The predicted molar refractivity (Wildman–Crippen MR) is 87.1 cm³/mol. The van der Waals surface area contributed by atoms with E-state index in [9.17, 15) is 22.4 Å². The van der Waals surface area contributed by atoms with Crippen molar-refractivity contribution in [1.82, 2.24) is 5.32 Å². The first kappa shape index (κ1) is 18.6. The van der Waals surface area contributed by atoms with Gasteiger partial charge in [-0.25, -0.2) is 9.18 Å². The van der Waals surface area contributed by atoms with Crippen LogP contribution < -0.4 is 5.32 Å². The molecule has 1 atom stereocenters. The Bertz CT molecular complexity index is 912. The van der Waals surface area contributed by atoms with E-state index in [-0.39, 0.29) is 16.7 Å². The van der Waals surface area contributed by atoms with Gasteiger partial charge in [-0.05, 0) is 17.7 Å². The molecule has 2 rings (SSSR count). The summed E-state index contributed by atoms with van der Waals surface area (Å²) in [6.07, 6.45) is 0. The summed E-state index contributed by atoms with van der Waals surface area (Å²) in [6.45, 7) is 0. The fourth-order valence-electron chi connectivity index (χ4n) is 2.22. The molecule has 3 N–H and O–H groups in total. The molecule has 0 aliphatic heterocycles. The van der Waals surface area contributed by atoms with Gasteiger partial charge < -0.3 is 10.4 Å². The fraction of sp³-hybridized carbons (Fsp3) is 0.125. The van der Waals surface area contributed by atoms with Crippen LogP contribution in [0.15, 0.2) is 48.5 Å². The molecule has 132 valence electrons. The Labute approximate surface area is 142 Å². The lowest BCUT2D eigenvalue weighted by Crippen LogP contribution is -2.45. The topological polar surface area (TPSA) is 121 Å². The summed E-state index contributed by atoms with van der Waals surface area (Å²) < 4.78 is 44.6. The van der Waals surface area contributed by atoms with Gasteiger partial charge in [-0.1, -0.05) is 36.4 Å². The summed E-state index contributed by atoms with van der Waals surface area (Å²) in [5, 5.41) is 11.0. The number of benzene rings is 2. The first-order valence-electron chi connectivity index (χ1n) is 7.02. The van der Waals surface area contributed by atoms with Gasteiger partial charge in [-0.15, -0.1) is 0 Å². The van der Waals surface area contributed by atoms with Gasteiger partial charge in [0.1, 0.15) is 17.6 Å². The molecule has 0 unspecified atom stereocenters. The van der Waals surface area contributed by atoms with E-state index < -0.39 is 39.6 Å². The van der Waals surface area contributed by atoms with E-state index in [4.69, 9.17) is 9.66 Å². The summed E-state index contributed by atoms with van der Waals surface area (Å²) in [6, 6.07) is 9.77. The molecule has 0 aliphatic rings. The summed E-state index contributed by atoms with van der Waals surface area (Å²) >= 11 is 0. The highest BCUT2D eigenvalue weighted by Crippen LogP contribution is 2.26. The number of hydrogen-bond donors (Lipinski definition) is 3. The van der Waals surface area contributed by atoms with Crippen molar-refractivity contribution in [3.63, 3.8) is 0 Å². The third kappa shape index (κ3) is 4.85. The maximum atomic E-state index is 14.0. The molecule has 1 amide bonds. The summed E-state index contributed by atoms with van der Waals surface area (Å²) in [5.41, 5.74) is 0.318. The molecule has 2 aromatic rings. The van der Waals surface area contributed by atoms with Crippen molar-refractivity contribution < 1.29 is 32.1 Å². The molecule has 0 aliphatic carbocycles. The first-order chi connectivity index (χ1) is 11.7. The third-order valence-electron chi connectivity index (χ3n) is 3.32. The molecule has 0 aromatic heterocycles. The van der Waals surface area contributed by atoms with E-state index in [1.54, 1.807) is 12.1 Å². The SMILES string of the molecule is O=C(N[C@@H](CS(=O)(=O)O)C(=O)O)c1ccccc1-c1ccccc1F. The normalized spacial score (nSPS) is 12.4. The number of carboxylic acid groups (broad SMARTS) is 1. The first-order valence-corrected chi connectivity index (χ1v) is 8.62. The van der Waals surface area contributed by atoms with Crippen LogP contribution in [0.5, 0.6) is 0 Å². The number of carbonyl (C=O) groups excluding carboxylic acids is 1. The van der Waals surface area contributed by atoms with Gasteiger partial charge in [0.15, 0.2) is 0 Å². The van der Waals surface area contributed by atoms with E-state index in [0.29, 0.717) is 0 Å². The van der Waals surface area contributed by atoms with Crippen LogP contribution >= 0.6 is 0 Å². The van der Waals surface area contributed by atoms with Gasteiger partial charge in [-0.2, -0.15) is 8.42 Å². The van der Waals surface area contributed by atoms with Crippen molar-refractivity contribution >= 4 is 22.0 Å². The molecule has 25 heavy (non-hydrogen) atoms. The standard InChI is InChI=1S/C16H14FNO6S/c17-13-8-4-3-6-11(13)10-5-1-2-7-12(10)15(19)18-14(16(20)21)9-25(22,23)24/h1-8,14H,9H2,(H,18,19)(H,20,21)(H,22,23,24)/t14-/m0/s1. The van der Waals surface area contributed by atoms with Crippen LogP contribution in [-0.4, -0.2) is 41.7 Å². The third-order valence-corrected chi connectivity index (χ3v) is 4.07. The summed E-state index contributed by atoms with van der Waals surface area (Å²) in [4.78, 5) is 23.5. The van der Waals surface area contributed by atoms with Crippen molar-refractivity contribution in [1.29, 1.82) is 0 Å². The fourth-order valence-corrected chi connectivity index (χ4v) is 2.86. The predicted octanol–water partition coefficient (Wildman–Crippen LogP) is 1.56. The van der Waals surface area contributed by atoms with Gasteiger partial charge in [-0.3, -0.25) is 9.35 Å². The molecule has 0 radical (unpaired) electrons. The minimum atomic E-state index is -4.62. The van der Waals surface area contributed by atoms with Crippen molar-refractivity contribution in [2.45, 2.75) is 6.04 Å². The van der Waals surface area contributed by atoms with Crippen molar-refractivity contribution in [3.8, 4) is 11.1 Å². The Hall–Kier alpha value is -2.78. The minimum absolute atomic E-state index is 0.0332. The van der Waals surface area contributed by atoms with E-state index in [1.807, 2.05) is 5.32 Å². The van der Waals surface area contributed by atoms with Crippen molar-refractivity contribution in [3.05, 3.63) is 59.9 Å². The van der Waals surface area contributed by atoms with Gasteiger partial charge in [0.05, 0.1) is 0 Å². The van der Waals surface area contributed by atoms with Crippen LogP contribution in [0.1, 0.15) is 10.4 Å². The number of carbonyl (C=O) groups is 2. The highest BCUT2D eigenvalue weighted by molar-refractivity contribution is 7.85. The molecular weight excluding hydrogens is 353 g/mol. The second-order valence-corrected chi connectivity index (χ2v) is 6.64. The van der Waals surface area contributed by atoms with Crippen molar-refractivity contribution in [2.75, 3.05) is 5.75 Å². The van der Waals surface area contributed by atoms with Gasteiger partial charge in [0.25, 0.3) is 16.0 Å². The lowest BCUT2D eigenvalue weighted by molar-refractivity contribution is -0.138. The number of nitrogens with one attached hydrogen (secondary N) is 1. The number of carboxylic acids is 1. The van der Waals surface area contributed by atoms with E-state index >= 15 is 0 Å². The Balaban J connectivity index is 2.37. The number of amides is 1. The molecule has 9 heteroatoms. The quantitative estimate of drug-likeness (QED) is 0.667. The average molecular weight is 367 g/mol. The molecular formula is C16H14FNO6S. The van der Waals surface area contributed by atoms with Crippen molar-refractivity contribution in [2.24, 2.45) is 0 Å². The molecule has 0 heterocycles. The zero-order valence-electron chi connectivity index (χ0n) is 12.7. The maximum Gasteiger partial charge on any atom is 0.327 e. The maximum absolute atomic E-state index is 14.0. The molecule has 0 bridgehead atoms. The van der Waals surface area contributed by atoms with Gasteiger partial charge in [0, 0.05) is 11.1 Å². The highest BCUT2D eigenvalue weighted by Gasteiger charge is 2.27. The molecule has 0 spiro atoms. The Kier molecular flexibility index (Phi) is 5.50.